The predicted octanol–water partition coefficient (Wildman–Crippen LogP) is 4.02. The van der Waals surface area contributed by atoms with Gasteiger partial charge < -0.3 is 24.4 Å². The molecule has 10 unspecified atom stereocenters. The van der Waals surface area contributed by atoms with Gasteiger partial charge in [-0.1, -0.05) is 0 Å². The number of epoxide rings is 3. The minimum atomic E-state index is -0.874. The number of fused-ring (bicyclic) bond motifs is 3. The van der Waals surface area contributed by atoms with Crippen molar-refractivity contribution in [2.75, 3.05) is 0 Å². The zero-order valence-corrected chi connectivity index (χ0v) is 19.4. The van der Waals surface area contributed by atoms with Gasteiger partial charge in [0.05, 0.1) is 42.0 Å². The Kier molecular flexibility index (Phi) is 5.73. The van der Waals surface area contributed by atoms with Gasteiger partial charge in [-0.15, -0.1) is 0 Å². The van der Waals surface area contributed by atoms with Crippen LogP contribution in [0.1, 0.15) is 83.5 Å². The Bertz CT molecular complexity index is 753. The fourth-order valence-corrected chi connectivity index (χ4v) is 8.14. The lowest BCUT2D eigenvalue weighted by Crippen LogP contribution is -2.47. The van der Waals surface area contributed by atoms with Gasteiger partial charge in [0, 0.05) is 6.42 Å². The summed E-state index contributed by atoms with van der Waals surface area (Å²) in [4.78, 5) is 25.0. The van der Waals surface area contributed by atoms with Crippen LogP contribution in [0.25, 0.3) is 0 Å². The van der Waals surface area contributed by atoms with Gasteiger partial charge >= 0.3 is 11.9 Å². The zero-order chi connectivity index (χ0) is 22.7. The lowest BCUT2D eigenvalue weighted by Gasteiger charge is -2.46. The van der Waals surface area contributed by atoms with Crippen LogP contribution in [0.2, 0.25) is 0 Å². The first-order chi connectivity index (χ1) is 15.9. The van der Waals surface area contributed by atoms with Crippen molar-refractivity contribution in [1.82, 2.24) is 0 Å². The number of ether oxygens (including phenoxy) is 3. The zero-order valence-electron chi connectivity index (χ0n) is 19.4. The number of rotatable bonds is 10. The summed E-state index contributed by atoms with van der Waals surface area (Å²) in [7, 11) is 0. The quantitative estimate of drug-likeness (QED) is 0.472. The number of aliphatic carboxylic acids is 2. The van der Waals surface area contributed by atoms with E-state index >= 15 is 0 Å². The van der Waals surface area contributed by atoms with E-state index in [2.05, 4.69) is 0 Å². The van der Waals surface area contributed by atoms with Gasteiger partial charge in [0.2, 0.25) is 0 Å². The van der Waals surface area contributed by atoms with E-state index in [1.54, 1.807) is 0 Å². The van der Waals surface area contributed by atoms with Crippen LogP contribution in [-0.4, -0.2) is 58.8 Å². The summed E-state index contributed by atoms with van der Waals surface area (Å²) >= 11 is 0. The van der Waals surface area contributed by atoms with Gasteiger partial charge in [-0.05, 0) is 101 Å². The van der Waals surface area contributed by atoms with Crippen LogP contribution in [0.3, 0.4) is 0 Å². The summed E-state index contributed by atoms with van der Waals surface area (Å²) in [5.74, 6) is -0.722. The van der Waals surface area contributed by atoms with Crippen molar-refractivity contribution in [3.63, 3.8) is 0 Å². The normalized spacial score (nSPS) is 45.5. The molecule has 33 heavy (non-hydrogen) atoms. The maximum Gasteiger partial charge on any atom is 0.309 e. The Hall–Kier alpha value is -1.18. The fraction of sp³-hybridized carbons (Fsp3) is 0.923. The van der Waals surface area contributed by atoms with Gasteiger partial charge in [0.15, 0.2) is 0 Å². The molecule has 0 aromatic heterocycles. The Morgan fingerprint density at radius 3 is 1.70 bits per heavy atom. The Balaban J connectivity index is 1.29. The number of carbonyl (C=O) groups is 2. The summed E-state index contributed by atoms with van der Waals surface area (Å²) in [5, 5.41) is 20.5. The molecular formula is C26H38O7. The summed E-state index contributed by atoms with van der Waals surface area (Å²) in [6, 6.07) is 0. The first-order valence-corrected chi connectivity index (χ1v) is 13.3. The van der Waals surface area contributed by atoms with Gasteiger partial charge in [0.1, 0.15) is 0 Å². The van der Waals surface area contributed by atoms with E-state index in [0.29, 0.717) is 61.6 Å². The molecule has 0 spiro atoms. The second-order valence-electron chi connectivity index (χ2n) is 12.0. The van der Waals surface area contributed by atoms with Crippen molar-refractivity contribution < 1.29 is 34.0 Å². The minimum absolute atomic E-state index is 0.0438. The molecule has 3 aliphatic heterocycles. The topological polar surface area (TPSA) is 112 Å². The van der Waals surface area contributed by atoms with Crippen molar-refractivity contribution in [2.24, 2.45) is 29.1 Å². The molecule has 6 aliphatic rings. The van der Waals surface area contributed by atoms with E-state index in [-0.39, 0.29) is 24.4 Å². The molecule has 0 bridgehead atoms. The average Bonchev–Trinajstić information content (AvgIpc) is 3.64. The molecule has 6 rings (SSSR count). The summed E-state index contributed by atoms with van der Waals surface area (Å²) in [5.41, 5.74) is -0.874. The molecule has 7 heteroatoms. The van der Waals surface area contributed by atoms with Crippen LogP contribution < -0.4 is 0 Å². The van der Waals surface area contributed by atoms with Crippen LogP contribution >= 0.6 is 0 Å². The van der Waals surface area contributed by atoms with Gasteiger partial charge in [0.25, 0.3) is 0 Å². The Labute approximate surface area is 195 Å². The number of hydrogen-bond donors (Lipinski definition) is 2. The average molecular weight is 463 g/mol. The molecular weight excluding hydrogens is 424 g/mol. The fourth-order valence-electron chi connectivity index (χ4n) is 8.14. The smallest absolute Gasteiger partial charge is 0.309 e. The number of carboxylic acid groups (broad SMARTS) is 2. The SMILES string of the molecule is O=C(O)CCC(C1CCC2OC2C1)C(CC1CCC2OC2C1)(CC1CCC2OC2C1)C(=O)O. The lowest BCUT2D eigenvalue weighted by atomic mass is 9.56. The van der Waals surface area contributed by atoms with E-state index in [1.165, 1.54) is 0 Å². The second-order valence-corrected chi connectivity index (χ2v) is 12.0. The molecule has 0 amide bonds. The number of carboxylic acids is 2. The second kappa shape index (κ2) is 8.49. The van der Waals surface area contributed by atoms with Crippen LogP contribution in [0.4, 0.5) is 0 Å². The highest BCUT2D eigenvalue weighted by Gasteiger charge is 2.57. The standard InChI is InChI=1S/C26H38O7/c27-24(28)8-4-17(16-3-7-20-23(11-16)33-20)26(25(29)30,12-14-1-5-18-21(9-14)31-18)13-15-2-6-19-22(10-15)32-19/h14-23H,1-13H2,(H,27,28)(H,29,30). The highest BCUT2D eigenvalue weighted by Crippen LogP contribution is 2.56. The van der Waals surface area contributed by atoms with Gasteiger partial charge in [-0.2, -0.15) is 0 Å². The third kappa shape index (κ3) is 4.57. The molecule has 2 N–H and O–H groups in total. The Morgan fingerprint density at radius 2 is 1.24 bits per heavy atom. The maximum atomic E-state index is 13.3. The molecule has 3 heterocycles. The molecule has 3 saturated heterocycles. The van der Waals surface area contributed by atoms with E-state index in [0.717, 1.165) is 57.8 Å². The molecule has 7 nitrogen and oxygen atoms in total. The molecule has 10 atom stereocenters. The first-order valence-electron chi connectivity index (χ1n) is 13.3. The molecule has 3 aliphatic carbocycles. The van der Waals surface area contributed by atoms with Crippen molar-refractivity contribution in [2.45, 2.75) is 120 Å². The largest absolute Gasteiger partial charge is 0.481 e. The van der Waals surface area contributed by atoms with Gasteiger partial charge in [-0.3, -0.25) is 9.59 Å². The molecule has 0 radical (unpaired) electrons. The number of hydrogen-bond acceptors (Lipinski definition) is 5. The monoisotopic (exact) mass is 462 g/mol. The first kappa shape index (κ1) is 22.3. The highest BCUT2D eigenvalue weighted by molar-refractivity contribution is 5.75. The van der Waals surface area contributed by atoms with Crippen LogP contribution in [-0.2, 0) is 23.8 Å². The molecule has 0 aromatic carbocycles. The van der Waals surface area contributed by atoms with Crippen molar-refractivity contribution in [1.29, 1.82) is 0 Å². The van der Waals surface area contributed by atoms with Crippen LogP contribution in [0.15, 0.2) is 0 Å². The van der Waals surface area contributed by atoms with E-state index in [1.807, 2.05) is 0 Å². The van der Waals surface area contributed by atoms with Crippen molar-refractivity contribution in [3.05, 3.63) is 0 Å². The van der Waals surface area contributed by atoms with E-state index in [9.17, 15) is 19.8 Å². The third-order valence-electron chi connectivity index (χ3n) is 9.95. The molecule has 6 fully saturated rings. The van der Waals surface area contributed by atoms with Crippen molar-refractivity contribution >= 4 is 11.9 Å². The van der Waals surface area contributed by atoms with E-state index in [4.69, 9.17) is 14.2 Å². The minimum Gasteiger partial charge on any atom is -0.481 e. The third-order valence-corrected chi connectivity index (χ3v) is 9.95. The van der Waals surface area contributed by atoms with E-state index < -0.39 is 17.4 Å². The molecule has 0 aromatic rings. The molecule has 3 saturated carbocycles. The molecule has 184 valence electrons. The Morgan fingerprint density at radius 1 is 0.727 bits per heavy atom. The van der Waals surface area contributed by atoms with Crippen LogP contribution in [0.5, 0.6) is 0 Å². The predicted molar refractivity (Wildman–Crippen MR) is 118 cm³/mol. The maximum absolute atomic E-state index is 13.3. The lowest BCUT2D eigenvalue weighted by molar-refractivity contribution is -0.160. The highest BCUT2D eigenvalue weighted by atomic mass is 16.6. The summed E-state index contributed by atoms with van der Waals surface area (Å²) in [6.07, 6.45) is 12.7. The summed E-state index contributed by atoms with van der Waals surface area (Å²) < 4.78 is 17.3. The summed E-state index contributed by atoms with van der Waals surface area (Å²) in [6.45, 7) is 0. The van der Waals surface area contributed by atoms with Crippen molar-refractivity contribution in [3.8, 4) is 0 Å². The van der Waals surface area contributed by atoms with Gasteiger partial charge in [-0.25, -0.2) is 0 Å². The van der Waals surface area contributed by atoms with Crippen LogP contribution in [0, 0.1) is 29.1 Å².